The number of carbonyl (C=O) groups is 1. The predicted molar refractivity (Wildman–Crippen MR) is 64.5 cm³/mol. The van der Waals surface area contributed by atoms with Crippen molar-refractivity contribution in [1.29, 1.82) is 0 Å². The van der Waals surface area contributed by atoms with Crippen molar-refractivity contribution in [2.45, 2.75) is 32.4 Å². The molecule has 6 heteroatoms. The van der Waals surface area contributed by atoms with Crippen molar-refractivity contribution < 1.29 is 9.90 Å². The monoisotopic (exact) mass is 240 g/mol. The zero-order valence-electron chi connectivity index (χ0n) is 10.2. The van der Waals surface area contributed by atoms with E-state index < -0.39 is 12.0 Å². The molecule has 0 aliphatic carbocycles. The minimum atomic E-state index is -0.876. The first-order chi connectivity index (χ1) is 8.04. The second kappa shape index (κ2) is 6.36. The summed E-state index contributed by atoms with van der Waals surface area (Å²) in [5.41, 5.74) is 6.42. The van der Waals surface area contributed by atoms with E-state index in [0.717, 1.165) is 5.69 Å². The van der Waals surface area contributed by atoms with E-state index in [0.29, 0.717) is 18.9 Å². The number of carboxylic acid groups (broad SMARTS) is 1. The minimum absolute atomic E-state index is 0.000906. The van der Waals surface area contributed by atoms with Crippen LogP contribution in [0.3, 0.4) is 0 Å². The summed E-state index contributed by atoms with van der Waals surface area (Å²) in [6.07, 6.45) is 3.54. The lowest BCUT2D eigenvalue weighted by molar-refractivity contribution is -0.139. The summed E-state index contributed by atoms with van der Waals surface area (Å²) in [6.45, 7) is 4.45. The third-order valence-corrected chi connectivity index (χ3v) is 2.75. The Labute approximate surface area is 101 Å². The Bertz CT molecular complexity index is 337. The van der Waals surface area contributed by atoms with Gasteiger partial charge in [0.15, 0.2) is 0 Å². The molecule has 0 saturated carbocycles. The third kappa shape index (κ3) is 4.16. The number of hydrogen-bond donors (Lipinski definition) is 4. The van der Waals surface area contributed by atoms with Gasteiger partial charge in [0.1, 0.15) is 6.04 Å². The van der Waals surface area contributed by atoms with Gasteiger partial charge in [-0.2, -0.15) is 0 Å². The van der Waals surface area contributed by atoms with Crippen LogP contribution >= 0.6 is 0 Å². The van der Waals surface area contributed by atoms with E-state index in [4.69, 9.17) is 10.8 Å². The summed E-state index contributed by atoms with van der Waals surface area (Å²) < 4.78 is 0. The quantitative estimate of drug-likeness (QED) is 0.536. The van der Waals surface area contributed by atoms with Crippen LogP contribution in [-0.2, 0) is 11.2 Å². The highest BCUT2D eigenvalue weighted by Crippen LogP contribution is 2.05. The highest BCUT2D eigenvalue weighted by Gasteiger charge is 2.23. The van der Waals surface area contributed by atoms with Crippen molar-refractivity contribution in [2.75, 3.05) is 6.54 Å². The van der Waals surface area contributed by atoms with Crippen molar-refractivity contribution in [3.8, 4) is 0 Å². The lowest BCUT2D eigenvalue weighted by Crippen LogP contribution is -2.50. The number of aromatic amines is 1. The van der Waals surface area contributed by atoms with Crippen LogP contribution in [-0.4, -0.2) is 39.7 Å². The van der Waals surface area contributed by atoms with Crippen LogP contribution in [0.1, 0.15) is 19.5 Å². The molecule has 2 atom stereocenters. The molecule has 0 aliphatic heterocycles. The van der Waals surface area contributed by atoms with Crippen LogP contribution in [0, 0.1) is 5.92 Å². The number of H-pyrrole nitrogens is 1. The van der Waals surface area contributed by atoms with Crippen LogP contribution in [0.4, 0.5) is 0 Å². The maximum Gasteiger partial charge on any atom is 0.321 e. The van der Waals surface area contributed by atoms with Crippen LogP contribution < -0.4 is 11.1 Å². The molecule has 0 spiro atoms. The van der Waals surface area contributed by atoms with Crippen LogP contribution in [0.5, 0.6) is 0 Å². The van der Waals surface area contributed by atoms with Crippen molar-refractivity contribution in [1.82, 2.24) is 15.3 Å². The first-order valence-corrected chi connectivity index (χ1v) is 5.70. The standard InChI is InChI=1S/C11H20N4O2/c1-7(2)10(4-12)15-9(11(16)17)3-8-5-13-6-14-8/h5-7,9-10,15H,3-4,12H2,1-2H3,(H,13,14)(H,16,17). The lowest BCUT2D eigenvalue weighted by atomic mass is 10.0. The van der Waals surface area contributed by atoms with Gasteiger partial charge in [0.05, 0.1) is 6.33 Å². The second-order valence-electron chi connectivity index (χ2n) is 4.42. The summed E-state index contributed by atoms with van der Waals surface area (Å²) in [7, 11) is 0. The van der Waals surface area contributed by atoms with E-state index in [9.17, 15) is 4.79 Å². The molecule has 0 radical (unpaired) electrons. The first-order valence-electron chi connectivity index (χ1n) is 5.70. The molecule has 1 heterocycles. The van der Waals surface area contributed by atoms with Crippen LogP contribution in [0.25, 0.3) is 0 Å². The summed E-state index contributed by atoms with van der Waals surface area (Å²) in [5, 5.41) is 12.2. The Kier molecular flexibility index (Phi) is 5.11. The zero-order chi connectivity index (χ0) is 12.8. The molecule has 2 unspecified atom stereocenters. The fourth-order valence-electron chi connectivity index (χ4n) is 1.62. The van der Waals surface area contributed by atoms with E-state index in [2.05, 4.69) is 15.3 Å². The maximum absolute atomic E-state index is 11.2. The first kappa shape index (κ1) is 13.7. The van der Waals surface area contributed by atoms with Crippen LogP contribution in [0.15, 0.2) is 12.5 Å². The van der Waals surface area contributed by atoms with Crippen molar-refractivity contribution in [3.63, 3.8) is 0 Å². The predicted octanol–water partition coefficient (Wildman–Crippen LogP) is -0.0217. The van der Waals surface area contributed by atoms with Crippen molar-refractivity contribution in [3.05, 3.63) is 18.2 Å². The van der Waals surface area contributed by atoms with Gasteiger partial charge in [0.2, 0.25) is 0 Å². The van der Waals surface area contributed by atoms with Gasteiger partial charge in [0.25, 0.3) is 0 Å². The Morgan fingerprint density at radius 3 is 2.76 bits per heavy atom. The Morgan fingerprint density at radius 1 is 1.65 bits per heavy atom. The number of aromatic nitrogens is 2. The fourth-order valence-corrected chi connectivity index (χ4v) is 1.62. The molecule has 0 amide bonds. The van der Waals surface area contributed by atoms with E-state index >= 15 is 0 Å². The molecule has 0 fully saturated rings. The smallest absolute Gasteiger partial charge is 0.321 e. The molecule has 6 nitrogen and oxygen atoms in total. The number of imidazole rings is 1. The lowest BCUT2D eigenvalue weighted by Gasteiger charge is -2.24. The molecular weight excluding hydrogens is 220 g/mol. The molecule has 1 aromatic rings. The average molecular weight is 240 g/mol. The van der Waals surface area contributed by atoms with Crippen LogP contribution in [0.2, 0.25) is 0 Å². The number of hydrogen-bond acceptors (Lipinski definition) is 4. The van der Waals surface area contributed by atoms with Crippen molar-refractivity contribution >= 4 is 5.97 Å². The fraction of sp³-hybridized carbons (Fsp3) is 0.636. The molecule has 17 heavy (non-hydrogen) atoms. The molecule has 0 saturated heterocycles. The summed E-state index contributed by atoms with van der Waals surface area (Å²) >= 11 is 0. The summed E-state index contributed by atoms with van der Waals surface area (Å²) in [5.74, 6) is -0.581. The Hall–Kier alpha value is -1.40. The van der Waals surface area contributed by atoms with Gasteiger partial charge >= 0.3 is 5.97 Å². The molecular formula is C11H20N4O2. The largest absolute Gasteiger partial charge is 0.480 e. The minimum Gasteiger partial charge on any atom is -0.480 e. The van der Waals surface area contributed by atoms with E-state index in [1.54, 1.807) is 6.20 Å². The number of aliphatic carboxylic acids is 1. The highest BCUT2D eigenvalue weighted by molar-refractivity contribution is 5.73. The molecule has 0 bridgehead atoms. The van der Waals surface area contributed by atoms with E-state index in [1.165, 1.54) is 6.33 Å². The number of nitrogens with one attached hydrogen (secondary N) is 2. The summed E-state index contributed by atoms with van der Waals surface area (Å²) in [4.78, 5) is 17.9. The molecule has 96 valence electrons. The molecule has 5 N–H and O–H groups in total. The topological polar surface area (TPSA) is 104 Å². The Balaban J connectivity index is 2.63. The SMILES string of the molecule is CC(C)C(CN)NC(Cc1cnc[nH]1)C(=O)O. The zero-order valence-corrected chi connectivity index (χ0v) is 10.2. The van der Waals surface area contributed by atoms with E-state index in [1.807, 2.05) is 13.8 Å². The number of nitrogens with zero attached hydrogens (tertiary/aromatic N) is 1. The van der Waals surface area contributed by atoms with Gasteiger partial charge in [0, 0.05) is 30.9 Å². The molecule has 1 aromatic heterocycles. The molecule has 0 aliphatic rings. The van der Waals surface area contributed by atoms with Crippen molar-refractivity contribution in [2.24, 2.45) is 11.7 Å². The van der Waals surface area contributed by atoms with Gasteiger partial charge in [-0.1, -0.05) is 13.8 Å². The molecule has 1 rings (SSSR count). The number of nitrogens with two attached hydrogens (primary N) is 1. The third-order valence-electron chi connectivity index (χ3n) is 2.75. The number of carboxylic acids is 1. The van der Waals surface area contributed by atoms with Gasteiger partial charge in [-0.15, -0.1) is 0 Å². The normalized spacial score (nSPS) is 14.8. The number of rotatable bonds is 7. The van der Waals surface area contributed by atoms with Gasteiger partial charge in [-0.25, -0.2) is 4.98 Å². The Morgan fingerprint density at radius 2 is 2.35 bits per heavy atom. The van der Waals surface area contributed by atoms with Gasteiger partial charge < -0.3 is 15.8 Å². The average Bonchev–Trinajstić information content (AvgIpc) is 2.75. The molecule has 0 aromatic carbocycles. The van der Waals surface area contributed by atoms with E-state index in [-0.39, 0.29) is 6.04 Å². The summed E-state index contributed by atoms with van der Waals surface area (Å²) in [6, 6.07) is -0.648. The second-order valence-corrected chi connectivity index (χ2v) is 4.42. The van der Waals surface area contributed by atoms with Gasteiger partial charge in [-0.3, -0.25) is 10.1 Å². The maximum atomic E-state index is 11.2. The van der Waals surface area contributed by atoms with Gasteiger partial charge in [-0.05, 0) is 5.92 Å². The highest BCUT2D eigenvalue weighted by atomic mass is 16.4.